The number of ether oxygens (including phenoxy) is 2. The first-order valence-electron chi connectivity index (χ1n) is 9.86. The normalized spacial score (nSPS) is 14.3. The third-order valence-corrected chi connectivity index (χ3v) is 5.14. The fourth-order valence-corrected chi connectivity index (χ4v) is 3.54. The first-order chi connectivity index (χ1) is 14.4. The molecule has 1 fully saturated rings. The van der Waals surface area contributed by atoms with E-state index in [9.17, 15) is 0 Å². The molecule has 2 aromatic carbocycles. The molecule has 0 saturated carbocycles. The zero-order chi connectivity index (χ0) is 21.9. The van der Waals surface area contributed by atoms with Crippen LogP contribution in [-0.2, 0) is 22.6 Å². The Kier molecular flexibility index (Phi) is 9.15. The molecule has 1 aliphatic heterocycles. The van der Waals surface area contributed by atoms with Crippen molar-refractivity contribution in [2.45, 2.75) is 25.8 Å². The number of carboxylic acid groups (broad SMARTS) is 2. The van der Waals surface area contributed by atoms with Crippen LogP contribution in [0.2, 0.25) is 0 Å². The van der Waals surface area contributed by atoms with Crippen molar-refractivity contribution in [1.82, 2.24) is 4.90 Å². The molecule has 0 unspecified atom stereocenters. The molecule has 0 radical (unpaired) electrons. The highest BCUT2D eigenvalue weighted by molar-refractivity contribution is 6.27. The quantitative estimate of drug-likeness (QED) is 0.699. The second-order valence-electron chi connectivity index (χ2n) is 7.20. The van der Waals surface area contributed by atoms with E-state index in [0.29, 0.717) is 0 Å². The lowest BCUT2D eigenvalue weighted by Crippen LogP contribution is -2.34. The van der Waals surface area contributed by atoms with Gasteiger partial charge in [0.15, 0.2) is 0 Å². The van der Waals surface area contributed by atoms with E-state index in [0.717, 1.165) is 37.1 Å². The molecule has 7 heteroatoms. The third kappa shape index (κ3) is 7.40. The molecule has 30 heavy (non-hydrogen) atoms. The van der Waals surface area contributed by atoms with Gasteiger partial charge in [-0.05, 0) is 62.0 Å². The average molecular weight is 415 g/mol. The van der Waals surface area contributed by atoms with Crippen LogP contribution in [0.5, 0.6) is 11.5 Å². The minimum Gasteiger partial charge on any atom is -0.497 e. The average Bonchev–Trinajstić information content (AvgIpc) is 2.76. The van der Waals surface area contributed by atoms with Gasteiger partial charge in [-0.3, -0.25) is 4.90 Å². The van der Waals surface area contributed by atoms with Gasteiger partial charge in [0.05, 0.1) is 14.2 Å². The lowest BCUT2D eigenvalue weighted by molar-refractivity contribution is -0.159. The van der Waals surface area contributed by atoms with E-state index in [1.54, 1.807) is 14.2 Å². The molecule has 2 aromatic rings. The minimum atomic E-state index is -1.82. The molecule has 1 saturated heterocycles. The summed E-state index contributed by atoms with van der Waals surface area (Å²) in [5.74, 6) is -1.01. The lowest BCUT2D eigenvalue weighted by Gasteiger charge is -2.32. The third-order valence-electron chi connectivity index (χ3n) is 5.14. The van der Waals surface area contributed by atoms with Crippen molar-refractivity contribution < 1.29 is 29.3 Å². The number of piperidine rings is 1. The number of hydrogen-bond acceptors (Lipinski definition) is 5. The van der Waals surface area contributed by atoms with Crippen LogP contribution in [0.25, 0.3) is 0 Å². The Morgan fingerprint density at radius 2 is 1.60 bits per heavy atom. The predicted octanol–water partition coefficient (Wildman–Crippen LogP) is 3.31. The van der Waals surface area contributed by atoms with Gasteiger partial charge in [0, 0.05) is 12.1 Å². The van der Waals surface area contributed by atoms with Crippen molar-refractivity contribution in [1.29, 1.82) is 0 Å². The highest BCUT2D eigenvalue weighted by atomic mass is 16.5. The summed E-state index contributed by atoms with van der Waals surface area (Å²) < 4.78 is 10.9. The fraction of sp³-hybridized carbons (Fsp3) is 0.391. The van der Waals surface area contributed by atoms with Crippen LogP contribution in [-0.4, -0.2) is 54.4 Å². The largest absolute Gasteiger partial charge is 0.497 e. The summed E-state index contributed by atoms with van der Waals surface area (Å²) in [4.78, 5) is 20.7. The Bertz CT molecular complexity index is 804. The molecule has 3 rings (SSSR count). The number of benzene rings is 2. The number of methoxy groups -OCH3 is 2. The van der Waals surface area contributed by atoms with Crippen molar-refractivity contribution in [2.75, 3.05) is 27.3 Å². The molecule has 7 nitrogen and oxygen atoms in total. The van der Waals surface area contributed by atoms with Crippen LogP contribution in [0.15, 0.2) is 48.5 Å². The van der Waals surface area contributed by atoms with Crippen LogP contribution in [0.3, 0.4) is 0 Å². The molecule has 0 aliphatic carbocycles. The fourth-order valence-electron chi connectivity index (χ4n) is 3.54. The van der Waals surface area contributed by atoms with Crippen molar-refractivity contribution in [3.63, 3.8) is 0 Å². The monoisotopic (exact) mass is 415 g/mol. The zero-order valence-electron chi connectivity index (χ0n) is 17.4. The van der Waals surface area contributed by atoms with Crippen LogP contribution >= 0.6 is 0 Å². The number of likely N-dealkylation sites (tertiary alicyclic amines) is 1. The topological polar surface area (TPSA) is 96.3 Å². The second kappa shape index (κ2) is 11.8. The molecule has 162 valence electrons. The van der Waals surface area contributed by atoms with Crippen molar-refractivity contribution in [2.24, 2.45) is 5.92 Å². The lowest BCUT2D eigenvalue weighted by atomic mass is 9.90. The molecule has 0 amide bonds. The summed E-state index contributed by atoms with van der Waals surface area (Å²) in [7, 11) is 3.44. The Hall–Kier alpha value is -3.06. The van der Waals surface area contributed by atoms with Crippen molar-refractivity contribution >= 4 is 11.9 Å². The number of carboxylic acids is 2. The molecule has 0 spiro atoms. The first-order valence-corrected chi connectivity index (χ1v) is 9.86. The number of nitrogens with zero attached hydrogens (tertiary/aromatic N) is 1. The van der Waals surface area contributed by atoms with Gasteiger partial charge in [-0.25, -0.2) is 9.59 Å². The smallest absolute Gasteiger partial charge is 0.414 e. The van der Waals surface area contributed by atoms with Gasteiger partial charge >= 0.3 is 11.9 Å². The van der Waals surface area contributed by atoms with E-state index in [1.165, 1.54) is 30.4 Å². The molecule has 0 aromatic heterocycles. The molecule has 1 aliphatic rings. The highest BCUT2D eigenvalue weighted by Crippen LogP contribution is 2.28. The number of rotatable bonds is 6. The van der Waals surface area contributed by atoms with Crippen LogP contribution in [0.4, 0.5) is 0 Å². The molecule has 0 bridgehead atoms. The predicted molar refractivity (Wildman–Crippen MR) is 113 cm³/mol. The van der Waals surface area contributed by atoms with Crippen LogP contribution < -0.4 is 9.47 Å². The molecule has 2 N–H and O–H groups in total. The van der Waals surface area contributed by atoms with E-state index < -0.39 is 11.9 Å². The number of aliphatic carboxylic acids is 2. The Morgan fingerprint density at radius 1 is 0.967 bits per heavy atom. The summed E-state index contributed by atoms with van der Waals surface area (Å²) in [5.41, 5.74) is 2.67. The van der Waals surface area contributed by atoms with E-state index >= 15 is 0 Å². The second-order valence-corrected chi connectivity index (χ2v) is 7.20. The maximum absolute atomic E-state index is 9.10. The summed E-state index contributed by atoms with van der Waals surface area (Å²) in [5, 5.41) is 14.8. The van der Waals surface area contributed by atoms with Gasteiger partial charge in [-0.15, -0.1) is 0 Å². The molecule has 0 atom stereocenters. The maximum Gasteiger partial charge on any atom is 0.414 e. The summed E-state index contributed by atoms with van der Waals surface area (Å²) >= 11 is 0. The van der Waals surface area contributed by atoms with Gasteiger partial charge in [0.25, 0.3) is 0 Å². The highest BCUT2D eigenvalue weighted by Gasteiger charge is 2.20. The molecule has 1 heterocycles. The maximum atomic E-state index is 9.10. The summed E-state index contributed by atoms with van der Waals surface area (Å²) in [6.07, 6.45) is 3.74. The van der Waals surface area contributed by atoms with Crippen molar-refractivity contribution in [3.8, 4) is 11.5 Å². The van der Waals surface area contributed by atoms with Crippen molar-refractivity contribution in [3.05, 3.63) is 59.7 Å². The van der Waals surface area contributed by atoms with E-state index in [2.05, 4.69) is 41.3 Å². The molecular formula is C23H29NO6. The van der Waals surface area contributed by atoms with Gasteiger partial charge in [-0.2, -0.15) is 0 Å². The summed E-state index contributed by atoms with van der Waals surface area (Å²) in [6, 6.07) is 16.9. The number of carbonyl (C=O) groups is 2. The van der Waals surface area contributed by atoms with Gasteiger partial charge in [-0.1, -0.05) is 30.3 Å². The Balaban J connectivity index is 0.000000469. The molecular weight excluding hydrogens is 386 g/mol. The van der Waals surface area contributed by atoms with E-state index in [4.69, 9.17) is 29.3 Å². The van der Waals surface area contributed by atoms with Crippen LogP contribution in [0.1, 0.15) is 24.0 Å². The number of hydrogen-bond donors (Lipinski definition) is 2. The Labute approximate surface area is 176 Å². The summed E-state index contributed by atoms with van der Waals surface area (Å²) in [6.45, 7) is 3.23. The van der Waals surface area contributed by atoms with Gasteiger partial charge in [0.1, 0.15) is 11.5 Å². The first kappa shape index (κ1) is 23.2. The Morgan fingerprint density at radius 3 is 2.13 bits per heavy atom. The van der Waals surface area contributed by atoms with Crippen LogP contribution in [0, 0.1) is 5.92 Å². The minimum absolute atomic E-state index is 0.802. The zero-order valence-corrected chi connectivity index (χ0v) is 17.4. The van der Waals surface area contributed by atoms with E-state index in [1.807, 2.05) is 12.1 Å². The van der Waals surface area contributed by atoms with Gasteiger partial charge in [0.2, 0.25) is 0 Å². The SMILES string of the molecule is COc1ccc(OC)c(CN2CCC(Cc3ccccc3)CC2)c1.O=C(O)C(=O)O. The van der Waals surface area contributed by atoms with Gasteiger partial charge < -0.3 is 19.7 Å². The standard InChI is InChI=1S/C21H27NO2.C2H2O4/c1-23-20-8-9-21(24-2)19(15-20)16-22-12-10-18(11-13-22)14-17-6-4-3-5-7-17;3-1(4)2(5)6/h3-9,15,18H,10-14,16H2,1-2H3;(H,3,4)(H,5,6). The van der Waals surface area contributed by atoms with E-state index in [-0.39, 0.29) is 0 Å².